The number of rotatable bonds is 4. The zero-order valence-electron chi connectivity index (χ0n) is 8.99. The molecule has 0 saturated heterocycles. The van der Waals surface area contributed by atoms with E-state index in [-0.39, 0.29) is 0 Å². The van der Waals surface area contributed by atoms with Crippen molar-refractivity contribution in [2.24, 2.45) is 0 Å². The van der Waals surface area contributed by atoms with Crippen LogP contribution in [0.3, 0.4) is 0 Å². The van der Waals surface area contributed by atoms with E-state index in [2.05, 4.69) is 41.2 Å². The third kappa shape index (κ3) is 2.14. The van der Waals surface area contributed by atoms with Crippen LogP contribution >= 0.6 is 22.7 Å². The number of hydrogen-bond donors (Lipinski definition) is 1. The maximum absolute atomic E-state index is 3.40. The minimum Gasteiger partial charge on any atom is -0.308 e. The van der Waals surface area contributed by atoms with E-state index in [1.807, 2.05) is 29.7 Å². The van der Waals surface area contributed by atoms with Crippen LogP contribution in [0.5, 0.6) is 0 Å². The summed E-state index contributed by atoms with van der Waals surface area (Å²) < 4.78 is 0. The quantitative estimate of drug-likeness (QED) is 0.855. The first-order valence-electron chi connectivity index (χ1n) is 5.13. The Morgan fingerprint density at radius 1 is 1.27 bits per heavy atom. The smallest absolute Gasteiger partial charge is 0.0765 e. The van der Waals surface area contributed by atoms with Crippen molar-refractivity contribution in [1.82, 2.24) is 5.32 Å². The minimum atomic E-state index is 0.375. The minimum absolute atomic E-state index is 0.375. The van der Waals surface area contributed by atoms with Gasteiger partial charge in [0.05, 0.1) is 6.04 Å². The molecule has 1 N–H and O–H groups in total. The van der Waals surface area contributed by atoms with Crippen molar-refractivity contribution < 1.29 is 0 Å². The van der Waals surface area contributed by atoms with Crippen molar-refractivity contribution in [1.29, 1.82) is 0 Å². The van der Waals surface area contributed by atoms with Crippen LogP contribution in [-0.2, 0) is 6.42 Å². The molecule has 0 spiro atoms. The predicted octanol–water partition coefficient (Wildman–Crippen LogP) is 3.68. The SMILES string of the molecule is CCc1ccsc1C(NC)c1cccs1. The molecule has 1 atom stereocenters. The van der Waals surface area contributed by atoms with E-state index in [9.17, 15) is 0 Å². The molecule has 0 bridgehead atoms. The van der Waals surface area contributed by atoms with Gasteiger partial charge in [0.1, 0.15) is 0 Å². The summed E-state index contributed by atoms with van der Waals surface area (Å²) in [5.74, 6) is 0. The highest BCUT2D eigenvalue weighted by molar-refractivity contribution is 7.11. The van der Waals surface area contributed by atoms with E-state index >= 15 is 0 Å². The molecule has 2 heterocycles. The lowest BCUT2D eigenvalue weighted by molar-refractivity contribution is 0.709. The van der Waals surface area contributed by atoms with Crippen LogP contribution in [0.1, 0.15) is 28.3 Å². The zero-order valence-corrected chi connectivity index (χ0v) is 10.6. The van der Waals surface area contributed by atoms with Gasteiger partial charge in [-0.25, -0.2) is 0 Å². The van der Waals surface area contributed by atoms with Crippen molar-refractivity contribution in [3.63, 3.8) is 0 Å². The van der Waals surface area contributed by atoms with Gasteiger partial charge in [-0.3, -0.25) is 0 Å². The molecule has 0 fully saturated rings. The maximum Gasteiger partial charge on any atom is 0.0765 e. The fourth-order valence-electron chi connectivity index (χ4n) is 1.75. The molecule has 0 aliphatic heterocycles. The molecular formula is C12H15NS2. The molecule has 0 aliphatic rings. The average Bonchev–Trinajstić information content (AvgIpc) is 2.89. The van der Waals surface area contributed by atoms with Crippen molar-refractivity contribution in [2.75, 3.05) is 7.05 Å². The first kappa shape index (κ1) is 10.9. The summed E-state index contributed by atoms with van der Waals surface area (Å²) in [6.45, 7) is 2.21. The van der Waals surface area contributed by atoms with E-state index in [0.29, 0.717) is 6.04 Å². The van der Waals surface area contributed by atoms with Crippen LogP contribution in [0.2, 0.25) is 0 Å². The first-order chi connectivity index (χ1) is 7.36. The van der Waals surface area contributed by atoms with Crippen LogP contribution in [-0.4, -0.2) is 7.05 Å². The van der Waals surface area contributed by atoms with Gasteiger partial charge in [-0.15, -0.1) is 22.7 Å². The molecule has 80 valence electrons. The number of thiophene rings is 2. The Hall–Kier alpha value is -0.640. The molecule has 2 aromatic heterocycles. The molecule has 0 aliphatic carbocycles. The summed E-state index contributed by atoms with van der Waals surface area (Å²) in [6.07, 6.45) is 1.11. The summed E-state index contributed by atoms with van der Waals surface area (Å²) in [6, 6.07) is 6.92. The summed E-state index contributed by atoms with van der Waals surface area (Å²) >= 11 is 3.67. The molecule has 0 amide bonds. The first-order valence-corrected chi connectivity index (χ1v) is 6.89. The molecule has 0 saturated carbocycles. The summed E-state index contributed by atoms with van der Waals surface area (Å²) in [7, 11) is 2.03. The van der Waals surface area contributed by atoms with Gasteiger partial charge >= 0.3 is 0 Å². The average molecular weight is 237 g/mol. The number of hydrogen-bond acceptors (Lipinski definition) is 3. The highest BCUT2D eigenvalue weighted by Gasteiger charge is 2.16. The lowest BCUT2D eigenvalue weighted by Gasteiger charge is -2.14. The topological polar surface area (TPSA) is 12.0 Å². The Morgan fingerprint density at radius 3 is 2.73 bits per heavy atom. The van der Waals surface area contributed by atoms with Gasteiger partial charge in [-0.05, 0) is 41.9 Å². The van der Waals surface area contributed by atoms with E-state index in [4.69, 9.17) is 0 Å². The summed E-state index contributed by atoms with van der Waals surface area (Å²) in [5, 5.41) is 7.73. The number of nitrogens with one attached hydrogen (secondary N) is 1. The van der Waals surface area contributed by atoms with Gasteiger partial charge in [0.25, 0.3) is 0 Å². The van der Waals surface area contributed by atoms with Crippen LogP contribution < -0.4 is 5.32 Å². The van der Waals surface area contributed by atoms with Crippen LogP contribution in [0.25, 0.3) is 0 Å². The molecule has 2 aromatic rings. The Balaban J connectivity index is 2.35. The van der Waals surface area contributed by atoms with Crippen molar-refractivity contribution in [2.45, 2.75) is 19.4 Å². The van der Waals surface area contributed by atoms with E-state index in [0.717, 1.165) is 6.42 Å². The zero-order chi connectivity index (χ0) is 10.7. The predicted molar refractivity (Wildman–Crippen MR) is 68.9 cm³/mol. The van der Waals surface area contributed by atoms with E-state index in [1.165, 1.54) is 15.3 Å². The third-order valence-corrected chi connectivity index (χ3v) is 4.50. The standard InChI is InChI=1S/C12H15NS2/c1-3-9-6-8-15-12(9)11(13-2)10-5-4-7-14-10/h4-8,11,13H,3H2,1-2H3. The molecule has 0 aromatic carbocycles. The van der Waals surface area contributed by atoms with Crippen molar-refractivity contribution >= 4 is 22.7 Å². The Labute approximate surface area is 98.8 Å². The van der Waals surface area contributed by atoms with E-state index < -0.39 is 0 Å². The molecule has 2 rings (SSSR count). The Kier molecular flexibility index (Phi) is 3.57. The van der Waals surface area contributed by atoms with E-state index in [1.54, 1.807) is 0 Å². The molecule has 1 unspecified atom stereocenters. The van der Waals surface area contributed by atoms with Gasteiger partial charge in [0.15, 0.2) is 0 Å². The van der Waals surface area contributed by atoms with Crippen LogP contribution in [0.15, 0.2) is 29.0 Å². The van der Waals surface area contributed by atoms with Gasteiger partial charge in [-0.1, -0.05) is 13.0 Å². The highest BCUT2D eigenvalue weighted by Crippen LogP contribution is 2.32. The second-order valence-corrected chi connectivity index (χ2v) is 5.33. The van der Waals surface area contributed by atoms with Crippen LogP contribution in [0.4, 0.5) is 0 Å². The largest absolute Gasteiger partial charge is 0.308 e. The summed E-state index contributed by atoms with van der Waals surface area (Å²) in [4.78, 5) is 2.86. The number of aryl methyl sites for hydroxylation is 1. The fraction of sp³-hybridized carbons (Fsp3) is 0.333. The van der Waals surface area contributed by atoms with Crippen molar-refractivity contribution in [3.05, 3.63) is 44.3 Å². The maximum atomic E-state index is 3.40. The lowest BCUT2D eigenvalue weighted by atomic mass is 10.1. The highest BCUT2D eigenvalue weighted by atomic mass is 32.1. The molecule has 1 nitrogen and oxygen atoms in total. The molecule has 3 heteroatoms. The van der Waals surface area contributed by atoms with Gasteiger partial charge in [0, 0.05) is 9.75 Å². The van der Waals surface area contributed by atoms with Crippen molar-refractivity contribution in [3.8, 4) is 0 Å². The molecule has 15 heavy (non-hydrogen) atoms. The second-order valence-electron chi connectivity index (χ2n) is 3.40. The molecule has 0 radical (unpaired) electrons. The Morgan fingerprint density at radius 2 is 2.13 bits per heavy atom. The third-order valence-electron chi connectivity index (χ3n) is 2.54. The second kappa shape index (κ2) is 4.92. The van der Waals surface area contributed by atoms with Crippen LogP contribution in [0, 0.1) is 0 Å². The Bertz CT molecular complexity index is 403. The lowest BCUT2D eigenvalue weighted by Crippen LogP contribution is -2.16. The molecular weight excluding hydrogens is 222 g/mol. The normalized spacial score (nSPS) is 12.9. The monoisotopic (exact) mass is 237 g/mol. The fourth-order valence-corrected chi connectivity index (χ4v) is 3.79. The summed E-state index contributed by atoms with van der Waals surface area (Å²) in [5.41, 5.74) is 1.47. The van der Waals surface area contributed by atoms with Gasteiger partial charge in [0.2, 0.25) is 0 Å². The van der Waals surface area contributed by atoms with Gasteiger partial charge in [-0.2, -0.15) is 0 Å². The van der Waals surface area contributed by atoms with Gasteiger partial charge < -0.3 is 5.32 Å².